The van der Waals surface area contributed by atoms with Crippen LogP contribution in [0.2, 0.25) is 0 Å². The molecule has 0 aromatic rings. The molecule has 2 heterocycles. The number of halogens is 1. The Bertz CT molecular complexity index is 106. The summed E-state index contributed by atoms with van der Waals surface area (Å²) in [5.41, 5.74) is 0. The standard InChI is InChI=1S/C8H14N2.Cu.HI.2H2O/c1-3-7-8(9-5-1)4-2-6-10-7;;;;/h7-8H,1-6H2;;1H;2*1H2/q-2;+1;;;/p-1/t7-,8-;;;;/m1..../s1. The van der Waals surface area contributed by atoms with Gasteiger partial charge in [0.25, 0.3) is 0 Å². The van der Waals surface area contributed by atoms with Gasteiger partial charge in [0.1, 0.15) is 0 Å². The average Bonchev–Trinajstić information content (AvgIpc) is 2.21. The summed E-state index contributed by atoms with van der Waals surface area (Å²) in [5, 5.41) is 9.12. The summed E-state index contributed by atoms with van der Waals surface area (Å²) in [5.74, 6) is 0. The number of hydrogen-bond donors (Lipinski definition) is 0. The van der Waals surface area contributed by atoms with E-state index in [9.17, 15) is 0 Å². The van der Waals surface area contributed by atoms with Crippen molar-refractivity contribution in [1.82, 2.24) is 0 Å². The summed E-state index contributed by atoms with van der Waals surface area (Å²) in [6.45, 7) is 2.19. The van der Waals surface area contributed by atoms with Gasteiger partial charge in [0.05, 0.1) is 0 Å². The molecule has 2 aliphatic rings. The Morgan fingerprint density at radius 2 is 1.21 bits per heavy atom. The van der Waals surface area contributed by atoms with Crippen molar-refractivity contribution in [1.29, 1.82) is 0 Å². The third kappa shape index (κ3) is 5.25. The van der Waals surface area contributed by atoms with E-state index in [2.05, 4.69) is 23.4 Å². The topological polar surface area (TPSA) is 91.2 Å². The van der Waals surface area contributed by atoms with E-state index in [4.69, 9.17) is 0 Å². The van der Waals surface area contributed by atoms with Crippen LogP contribution in [-0.2, 0) is 12.8 Å². The molecule has 0 aromatic heterocycles. The molecule has 0 aliphatic carbocycles. The maximum atomic E-state index is 4.56. The molecule has 0 amide bonds. The van der Waals surface area contributed by atoms with Crippen LogP contribution in [0, 0.1) is 0 Å². The third-order valence-corrected chi connectivity index (χ3v) is 2.49. The fourth-order valence-electron chi connectivity index (χ4n) is 1.93. The zero-order chi connectivity index (χ0) is 8.81. The molecule has 0 saturated carbocycles. The van der Waals surface area contributed by atoms with Crippen molar-refractivity contribution in [3.05, 3.63) is 10.6 Å². The minimum atomic E-state index is 0. The number of nitrogens with zero attached hydrogens (tertiary/aromatic N) is 2. The Balaban J connectivity index is 0. The molecule has 0 bridgehead atoms. The molecular formula is C8H18CuIN2O2-2. The van der Waals surface area contributed by atoms with Crippen molar-refractivity contribution in [3.63, 3.8) is 0 Å². The van der Waals surface area contributed by atoms with E-state index in [1.54, 1.807) is 20.3 Å². The minimum absolute atomic E-state index is 0. The zero-order valence-electron chi connectivity index (χ0n) is 7.97. The fourth-order valence-corrected chi connectivity index (χ4v) is 1.93. The van der Waals surface area contributed by atoms with Crippen LogP contribution in [0.15, 0.2) is 0 Å². The number of fused-ring (bicyclic) bond motifs is 1. The first-order chi connectivity index (χ1) is 5.97. The van der Waals surface area contributed by atoms with Crippen LogP contribution in [0.1, 0.15) is 25.7 Å². The molecule has 0 aromatic carbocycles. The van der Waals surface area contributed by atoms with Crippen molar-refractivity contribution in [2.75, 3.05) is 13.1 Å². The Hall–Kier alpha value is 1.09. The van der Waals surface area contributed by atoms with E-state index in [-0.39, 0.29) is 11.0 Å². The zero-order valence-corrected chi connectivity index (χ0v) is 11.1. The van der Waals surface area contributed by atoms with Gasteiger partial charge in [0.15, 0.2) is 0 Å². The molecule has 2 saturated heterocycles. The summed E-state index contributed by atoms with van der Waals surface area (Å²) in [6, 6.07) is 1.23. The van der Waals surface area contributed by atoms with Gasteiger partial charge in [-0.3, -0.25) is 0 Å². The predicted octanol–water partition coefficient (Wildman–Crippen LogP) is 1.29. The van der Waals surface area contributed by atoms with Crippen LogP contribution in [-0.4, -0.2) is 36.1 Å². The van der Waals surface area contributed by atoms with E-state index < -0.39 is 0 Å². The van der Waals surface area contributed by atoms with Gasteiger partial charge >= 0.3 is 33.1 Å². The van der Waals surface area contributed by atoms with Crippen molar-refractivity contribution < 1.29 is 23.7 Å². The van der Waals surface area contributed by atoms with Crippen LogP contribution in [0.5, 0.6) is 0 Å². The number of piperidine rings is 2. The van der Waals surface area contributed by atoms with Crippen LogP contribution in [0.3, 0.4) is 0 Å². The molecular weight excluding hydrogens is 347 g/mol. The van der Waals surface area contributed by atoms with E-state index >= 15 is 0 Å². The van der Waals surface area contributed by atoms with Crippen molar-refractivity contribution in [3.8, 4) is 0 Å². The van der Waals surface area contributed by atoms with Crippen molar-refractivity contribution in [2.45, 2.75) is 37.8 Å². The molecule has 0 radical (unpaired) electrons. The second-order valence-corrected chi connectivity index (χ2v) is 3.23. The molecule has 6 heteroatoms. The van der Waals surface area contributed by atoms with Crippen LogP contribution < -0.4 is 0 Å². The summed E-state index contributed by atoms with van der Waals surface area (Å²) in [4.78, 5) is 0. The first kappa shape index (κ1) is 17.5. The monoisotopic (exact) mass is 364 g/mol. The number of hydrogen-bond acceptors (Lipinski definition) is 0. The molecule has 14 heavy (non-hydrogen) atoms. The molecule has 0 unspecified atom stereocenters. The first-order valence-electron chi connectivity index (χ1n) is 4.41. The SMILES string of the molecule is C1C[N-][C@@H]2CCC[N-][C@@H]2C1.O.O.[Cu][I]. The molecule has 2 aliphatic heterocycles. The number of rotatable bonds is 0. The van der Waals surface area contributed by atoms with E-state index in [1.165, 1.54) is 25.7 Å². The summed E-state index contributed by atoms with van der Waals surface area (Å²) < 4.78 is 0. The van der Waals surface area contributed by atoms with Crippen molar-refractivity contribution in [2.24, 2.45) is 0 Å². The van der Waals surface area contributed by atoms with E-state index in [0.29, 0.717) is 12.1 Å². The second-order valence-electron chi connectivity index (χ2n) is 3.23. The maximum absolute atomic E-state index is 4.56. The van der Waals surface area contributed by atoms with Crippen LogP contribution in [0.4, 0.5) is 0 Å². The Labute approximate surface area is 105 Å². The summed E-state index contributed by atoms with van der Waals surface area (Å²) in [6.07, 6.45) is 5.14. The van der Waals surface area contributed by atoms with Gasteiger partial charge in [-0.15, -0.1) is 13.1 Å². The Morgan fingerprint density at radius 3 is 1.57 bits per heavy atom. The van der Waals surface area contributed by atoms with Gasteiger partial charge in [-0.05, 0) is 0 Å². The van der Waals surface area contributed by atoms with Crippen LogP contribution in [0.25, 0.3) is 10.6 Å². The van der Waals surface area contributed by atoms with E-state index in [0.717, 1.165) is 13.1 Å². The predicted molar refractivity (Wildman–Crippen MR) is 63.7 cm³/mol. The van der Waals surface area contributed by atoms with E-state index in [1.807, 2.05) is 0 Å². The summed E-state index contributed by atoms with van der Waals surface area (Å²) >= 11 is 5.87. The Morgan fingerprint density at radius 1 is 0.857 bits per heavy atom. The van der Waals surface area contributed by atoms with Gasteiger partial charge in [0, 0.05) is 0 Å². The molecule has 4 nitrogen and oxygen atoms in total. The van der Waals surface area contributed by atoms with Gasteiger partial charge in [0.2, 0.25) is 0 Å². The normalized spacial score (nSPS) is 29.6. The van der Waals surface area contributed by atoms with Crippen LogP contribution >= 0.6 is 20.3 Å². The molecule has 2 fully saturated rings. The van der Waals surface area contributed by atoms with Gasteiger partial charge in [-0.25, -0.2) is 0 Å². The second kappa shape index (κ2) is 10.6. The molecule has 0 spiro atoms. The quantitative estimate of drug-likeness (QED) is 0.458. The van der Waals surface area contributed by atoms with Gasteiger partial charge in [-0.2, -0.15) is 12.1 Å². The fraction of sp³-hybridized carbons (Fsp3) is 1.00. The Kier molecular flexibility index (Phi) is 13.2. The molecule has 92 valence electrons. The first-order valence-corrected chi connectivity index (χ1v) is 7.45. The molecule has 2 atom stereocenters. The third-order valence-electron chi connectivity index (χ3n) is 2.49. The van der Waals surface area contributed by atoms with Gasteiger partial charge < -0.3 is 21.6 Å². The average molecular weight is 365 g/mol. The summed E-state index contributed by atoms with van der Waals surface area (Å²) in [7, 11) is 0. The molecule has 4 N–H and O–H groups in total. The molecule has 2 rings (SSSR count). The van der Waals surface area contributed by atoms with Gasteiger partial charge in [-0.1, -0.05) is 25.7 Å². The van der Waals surface area contributed by atoms with Crippen molar-refractivity contribution >= 4 is 20.3 Å².